The van der Waals surface area contributed by atoms with E-state index >= 15 is 0 Å². The molecule has 1 unspecified atom stereocenters. The van der Waals surface area contributed by atoms with E-state index in [9.17, 15) is 19.5 Å². The lowest BCUT2D eigenvalue weighted by Gasteiger charge is -2.47. The third-order valence-electron chi connectivity index (χ3n) is 13.6. The summed E-state index contributed by atoms with van der Waals surface area (Å²) in [5.74, 6) is 1.46. The molecule has 5 aromatic rings. The van der Waals surface area contributed by atoms with Crippen LogP contribution in [0, 0.1) is 11.8 Å². The second-order valence-corrected chi connectivity index (χ2v) is 18.3. The van der Waals surface area contributed by atoms with Gasteiger partial charge in [0.25, 0.3) is 0 Å². The van der Waals surface area contributed by atoms with E-state index < -0.39 is 11.5 Å². The lowest BCUT2D eigenvalue weighted by atomic mass is 9.59. The number of aryl methyl sites for hydroxylation is 1. The molecule has 328 valence electrons. The highest BCUT2D eigenvalue weighted by atomic mass is 35.5. The average molecular weight is 870 g/mol. The molecule has 3 aliphatic carbocycles. The van der Waals surface area contributed by atoms with Crippen LogP contribution in [0.2, 0.25) is 5.02 Å². The van der Waals surface area contributed by atoms with Crippen LogP contribution in [-0.4, -0.2) is 58.5 Å². The number of aromatic nitrogens is 2. The molecule has 2 aromatic heterocycles. The number of carbonyl (C=O) groups is 3. The van der Waals surface area contributed by atoms with E-state index in [4.69, 9.17) is 21.1 Å². The number of carboxylic acid groups (broad SMARTS) is 1. The Bertz CT molecular complexity index is 2410. The molecule has 8 rings (SSSR count). The number of hydrogen-bond acceptors (Lipinski definition) is 8. The second-order valence-electron chi connectivity index (χ2n) is 17.8. The number of aldehydes is 1. The van der Waals surface area contributed by atoms with Crippen molar-refractivity contribution in [3.8, 4) is 22.6 Å². The van der Waals surface area contributed by atoms with Crippen LogP contribution >= 0.6 is 11.6 Å². The predicted molar refractivity (Wildman–Crippen MR) is 246 cm³/mol. The van der Waals surface area contributed by atoms with Gasteiger partial charge in [0.15, 0.2) is 6.29 Å². The Labute approximate surface area is 375 Å². The molecule has 1 spiro atoms. The van der Waals surface area contributed by atoms with Crippen molar-refractivity contribution >= 4 is 35.5 Å². The number of carbonyl (C=O) groups excluding carboxylic acids is 2. The van der Waals surface area contributed by atoms with Gasteiger partial charge >= 0.3 is 5.97 Å². The SMILES string of the molecule is C[C@@H](COc1ccnc2c1CCCC2)CC1Cc2ccc(OCCCC(=O)NCCc3cccc(-c4ccc(C=O)nc4)c3)cc2C12CCC(Nc1cccc(Cl)c1)(C(=O)O)CC2. The molecule has 3 aromatic carbocycles. The quantitative estimate of drug-likeness (QED) is 0.0580. The van der Waals surface area contributed by atoms with Crippen LogP contribution in [0.25, 0.3) is 11.1 Å². The monoisotopic (exact) mass is 868 g/mol. The number of halogens is 1. The van der Waals surface area contributed by atoms with Gasteiger partial charge in [-0.25, -0.2) is 4.79 Å². The molecule has 2 heterocycles. The van der Waals surface area contributed by atoms with Gasteiger partial charge in [0.05, 0.1) is 13.2 Å². The summed E-state index contributed by atoms with van der Waals surface area (Å²) in [5, 5.41) is 17.7. The van der Waals surface area contributed by atoms with E-state index in [0.29, 0.717) is 74.2 Å². The summed E-state index contributed by atoms with van der Waals surface area (Å²) in [6.45, 7) is 3.81. The third-order valence-corrected chi connectivity index (χ3v) is 13.8. The van der Waals surface area contributed by atoms with Gasteiger partial charge in [-0.2, -0.15) is 0 Å². The van der Waals surface area contributed by atoms with Crippen LogP contribution < -0.4 is 20.1 Å². The Balaban J connectivity index is 0.896. The highest BCUT2D eigenvalue weighted by molar-refractivity contribution is 6.30. The number of benzene rings is 3. The highest BCUT2D eigenvalue weighted by Gasteiger charge is 2.54. The summed E-state index contributed by atoms with van der Waals surface area (Å²) in [6, 6.07) is 27.4. The van der Waals surface area contributed by atoms with Crippen LogP contribution in [0.4, 0.5) is 5.69 Å². The average Bonchev–Trinajstić information content (AvgIpc) is 3.58. The zero-order chi connectivity index (χ0) is 43.8. The maximum atomic E-state index is 13.1. The van der Waals surface area contributed by atoms with Crippen molar-refractivity contribution in [3.05, 3.63) is 136 Å². The number of hydrogen-bond donors (Lipinski definition) is 3. The summed E-state index contributed by atoms with van der Waals surface area (Å²) >= 11 is 6.31. The van der Waals surface area contributed by atoms with Gasteiger partial charge in [-0.3, -0.25) is 19.6 Å². The first-order valence-electron chi connectivity index (χ1n) is 22.5. The van der Waals surface area contributed by atoms with Gasteiger partial charge in [-0.15, -0.1) is 0 Å². The molecule has 3 aliphatic rings. The standard InChI is InChI=1S/C52H57ClN4O6/c1-35(34-63-48-19-25-54-47-12-3-2-11-45(47)48)27-40-29-38-15-17-44(31-46(38)51(40)20-22-52(23-21-51,50(60)61)57-42-10-5-9-41(53)30-42)62-26-6-13-49(59)55-24-18-36-7-4-8-37(28-36)39-14-16-43(33-58)56-32-39/h4-5,7-10,14-17,19,25,28,30-33,35,40,57H,2-3,6,11-13,18,20-24,26-27,29,34H2,1H3,(H,55,59)(H,60,61)/t35-,40?,51?,52?/m1/s1. The van der Waals surface area contributed by atoms with Crippen molar-refractivity contribution in [3.63, 3.8) is 0 Å². The Morgan fingerprint density at radius 3 is 2.57 bits per heavy atom. The van der Waals surface area contributed by atoms with E-state index in [2.05, 4.69) is 45.7 Å². The van der Waals surface area contributed by atoms with Gasteiger partial charge < -0.3 is 25.2 Å². The smallest absolute Gasteiger partial charge is 0.329 e. The largest absolute Gasteiger partial charge is 0.494 e. The maximum Gasteiger partial charge on any atom is 0.329 e. The number of anilines is 1. The van der Waals surface area contributed by atoms with Gasteiger partial charge in [0.2, 0.25) is 5.91 Å². The Morgan fingerprint density at radius 2 is 1.78 bits per heavy atom. The zero-order valence-corrected chi connectivity index (χ0v) is 36.8. The van der Waals surface area contributed by atoms with Crippen LogP contribution in [0.1, 0.15) is 103 Å². The van der Waals surface area contributed by atoms with Crippen molar-refractivity contribution in [2.24, 2.45) is 11.8 Å². The number of nitrogens with zero attached hydrogens (tertiary/aromatic N) is 2. The minimum Gasteiger partial charge on any atom is -0.494 e. The molecule has 0 radical (unpaired) electrons. The summed E-state index contributed by atoms with van der Waals surface area (Å²) < 4.78 is 12.9. The molecular formula is C52H57ClN4O6. The topological polar surface area (TPSA) is 140 Å². The summed E-state index contributed by atoms with van der Waals surface area (Å²) in [4.78, 5) is 45.7. The zero-order valence-electron chi connectivity index (χ0n) is 36.0. The maximum absolute atomic E-state index is 13.1. The summed E-state index contributed by atoms with van der Waals surface area (Å²) in [6.07, 6.45) is 14.5. The minimum atomic E-state index is -1.11. The van der Waals surface area contributed by atoms with E-state index in [1.165, 1.54) is 28.8 Å². The molecule has 1 saturated carbocycles. The van der Waals surface area contributed by atoms with Gasteiger partial charge in [0.1, 0.15) is 22.7 Å². The number of rotatable bonds is 18. The fraction of sp³-hybridized carbons (Fsp3) is 0.404. The predicted octanol–water partition coefficient (Wildman–Crippen LogP) is 10.0. The van der Waals surface area contributed by atoms with Crippen molar-refractivity contribution in [2.45, 2.75) is 101 Å². The molecule has 3 N–H and O–H groups in total. The number of aliphatic carboxylic acids is 1. The Hall–Kier alpha value is -5.74. The summed E-state index contributed by atoms with van der Waals surface area (Å²) in [5.41, 5.74) is 7.81. The number of amides is 1. The number of nitrogens with one attached hydrogen (secondary N) is 2. The van der Waals surface area contributed by atoms with Crippen molar-refractivity contribution < 1.29 is 29.0 Å². The Morgan fingerprint density at radius 1 is 0.937 bits per heavy atom. The second kappa shape index (κ2) is 19.8. The van der Waals surface area contributed by atoms with Crippen molar-refractivity contribution in [1.29, 1.82) is 0 Å². The first kappa shape index (κ1) is 43.9. The number of ether oxygens (including phenoxy) is 2. The fourth-order valence-corrected chi connectivity index (χ4v) is 10.4. The fourth-order valence-electron chi connectivity index (χ4n) is 10.2. The number of carboxylic acids is 1. The van der Waals surface area contributed by atoms with Crippen molar-refractivity contribution in [2.75, 3.05) is 25.1 Å². The molecule has 0 saturated heterocycles. The molecule has 0 bridgehead atoms. The molecule has 2 atom stereocenters. The molecule has 0 aliphatic heterocycles. The van der Waals surface area contributed by atoms with E-state index in [1.807, 2.05) is 54.7 Å². The highest BCUT2D eigenvalue weighted by Crippen LogP contribution is 2.57. The van der Waals surface area contributed by atoms with Crippen LogP contribution in [-0.2, 0) is 40.7 Å². The van der Waals surface area contributed by atoms with E-state index in [1.54, 1.807) is 24.4 Å². The molecular weight excluding hydrogens is 812 g/mol. The molecule has 63 heavy (non-hydrogen) atoms. The van der Waals surface area contributed by atoms with Crippen LogP contribution in [0.5, 0.6) is 11.5 Å². The summed E-state index contributed by atoms with van der Waals surface area (Å²) in [7, 11) is 0. The molecule has 1 fully saturated rings. The van der Waals surface area contributed by atoms with E-state index in [0.717, 1.165) is 79.4 Å². The lowest BCUT2D eigenvalue weighted by molar-refractivity contribution is -0.144. The first-order chi connectivity index (χ1) is 30.6. The molecule has 10 nitrogen and oxygen atoms in total. The van der Waals surface area contributed by atoms with Gasteiger partial charge in [-0.1, -0.05) is 61.0 Å². The number of pyridine rings is 2. The third kappa shape index (κ3) is 10.2. The lowest BCUT2D eigenvalue weighted by Crippen LogP contribution is -2.53. The normalized spacial score (nSPS) is 20.6. The van der Waals surface area contributed by atoms with Crippen LogP contribution in [0.15, 0.2) is 97.3 Å². The minimum absolute atomic E-state index is 0.0171. The number of fused-ring (bicyclic) bond motifs is 3. The Kier molecular flexibility index (Phi) is 13.8. The molecule has 1 amide bonds. The van der Waals surface area contributed by atoms with Gasteiger partial charge in [-0.05, 0) is 159 Å². The van der Waals surface area contributed by atoms with Crippen LogP contribution in [0.3, 0.4) is 0 Å². The molecule has 11 heteroatoms. The van der Waals surface area contributed by atoms with E-state index in [-0.39, 0.29) is 17.2 Å². The first-order valence-corrected chi connectivity index (χ1v) is 22.9. The van der Waals surface area contributed by atoms with Crippen molar-refractivity contribution in [1.82, 2.24) is 15.3 Å². The van der Waals surface area contributed by atoms with Gasteiger partial charge in [0, 0.05) is 52.9 Å².